The van der Waals surface area contributed by atoms with Crippen molar-refractivity contribution in [1.82, 2.24) is 0 Å². The maximum atomic E-state index is 8.75. The van der Waals surface area contributed by atoms with E-state index in [1.807, 2.05) is 54.6 Å². The Hall–Kier alpha value is -2.46. The molecular weight excluding hydrogens is 328 g/mol. The van der Waals surface area contributed by atoms with Gasteiger partial charge in [-0.15, -0.1) is 0 Å². The molecule has 0 saturated carbocycles. The van der Waals surface area contributed by atoms with E-state index in [1.54, 1.807) is 14.2 Å². The van der Waals surface area contributed by atoms with Gasteiger partial charge in [-0.05, 0) is 55.2 Å². The van der Waals surface area contributed by atoms with Crippen LogP contribution in [0, 0.1) is 0 Å². The molecule has 1 N–H and O–H groups in total. The van der Waals surface area contributed by atoms with Gasteiger partial charge < -0.3 is 19.3 Å². The number of hydrogen-bond donors (Lipinski definition) is 1. The Morgan fingerprint density at radius 1 is 0.808 bits per heavy atom. The fraction of sp³-hybridized carbons (Fsp3) is 0.364. The minimum atomic E-state index is 0.275. The number of hydrogen-bond acceptors (Lipinski definition) is 4. The minimum absolute atomic E-state index is 0.275. The van der Waals surface area contributed by atoms with Crippen LogP contribution in [0.15, 0.2) is 42.5 Å². The predicted molar refractivity (Wildman–Crippen MR) is 106 cm³/mol. The second-order valence-electron chi connectivity index (χ2n) is 6.00. The second kappa shape index (κ2) is 11.2. The van der Waals surface area contributed by atoms with Gasteiger partial charge >= 0.3 is 0 Å². The van der Waals surface area contributed by atoms with Crippen molar-refractivity contribution in [3.8, 4) is 17.2 Å². The van der Waals surface area contributed by atoms with Crippen molar-refractivity contribution in [2.24, 2.45) is 0 Å². The summed E-state index contributed by atoms with van der Waals surface area (Å²) in [6.45, 7) is 0.985. The number of aliphatic hydroxyl groups excluding tert-OH is 1. The summed E-state index contributed by atoms with van der Waals surface area (Å²) in [4.78, 5) is 0. The van der Waals surface area contributed by atoms with Gasteiger partial charge in [0.15, 0.2) is 0 Å². The Kier molecular flexibility index (Phi) is 8.56. The molecule has 0 fully saturated rings. The van der Waals surface area contributed by atoms with Crippen molar-refractivity contribution in [3.05, 3.63) is 53.6 Å². The molecule has 2 rings (SSSR count). The van der Waals surface area contributed by atoms with Gasteiger partial charge in [0.2, 0.25) is 0 Å². The van der Waals surface area contributed by atoms with Crippen molar-refractivity contribution in [2.75, 3.05) is 27.4 Å². The van der Waals surface area contributed by atoms with E-state index in [0.29, 0.717) is 6.61 Å². The molecule has 0 saturated heterocycles. The summed E-state index contributed by atoms with van der Waals surface area (Å²) < 4.78 is 16.4. The van der Waals surface area contributed by atoms with Gasteiger partial charge in [-0.3, -0.25) is 0 Å². The highest BCUT2D eigenvalue weighted by atomic mass is 16.5. The molecule has 0 bridgehead atoms. The lowest BCUT2D eigenvalue weighted by Gasteiger charge is -2.08. The Morgan fingerprint density at radius 2 is 1.54 bits per heavy atom. The number of benzene rings is 2. The number of unbranched alkanes of at least 4 members (excludes halogenated alkanes) is 3. The first-order valence-corrected chi connectivity index (χ1v) is 9.00. The second-order valence-corrected chi connectivity index (χ2v) is 6.00. The fourth-order valence-corrected chi connectivity index (χ4v) is 2.59. The zero-order valence-electron chi connectivity index (χ0n) is 15.6. The SMILES string of the molecule is COc1ccc(OC)c(C=Cc2ccc(OCCCCCCO)cc2)c1. The van der Waals surface area contributed by atoms with Crippen LogP contribution in [-0.2, 0) is 0 Å². The highest BCUT2D eigenvalue weighted by Gasteiger charge is 2.02. The zero-order chi connectivity index (χ0) is 18.6. The van der Waals surface area contributed by atoms with Crippen LogP contribution in [0.25, 0.3) is 12.2 Å². The van der Waals surface area contributed by atoms with Gasteiger partial charge in [0.25, 0.3) is 0 Å². The standard InChI is InChI=1S/C22H28O4/c1-24-21-13-14-22(25-2)19(17-21)10-7-18-8-11-20(12-9-18)26-16-6-4-3-5-15-23/h7-14,17,23H,3-6,15-16H2,1-2H3. The third kappa shape index (κ3) is 6.45. The number of aliphatic hydroxyl groups is 1. The quantitative estimate of drug-likeness (QED) is 0.464. The van der Waals surface area contributed by atoms with Crippen LogP contribution in [0.4, 0.5) is 0 Å². The Morgan fingerprint density at radius 3 is 2.23 bits per heavy atom. The van der Waals surface area contributed by atoms with E-state index in [-0.39, 0.29) is 6.61 Å². The number of methoxy groups -OCH3 is 2. The third-order valence-electron chi connectivity index (χ3n) is 4.09. The topological polar surface area (TPSA) is 47.9 Å². The zero-order valence-corrected chi connectivity index (χ0v) is 15.6. The molecule has 0 aromatic heterocycles. The lowest BCUT2D eigenvalue weighted by molar-refractivity contribution is 0.273. The number of rotatable bonds is 11. The molecule has 26 heavy (non-hydrogen) atoms. The van der Waals surface area contributed by atoms with E-state index in [4.69, 9.17) is 19.3 Å². The third-order valence-corrected chi connectivity index (χ3v) is 4.09. The van der Waals surface area contributed by atoms with E-state index in [2.05, 4.69) is 0 Å². The van der Waals surface area contributed by atoms with E-state index in [9.17, 15) is 0 Å². The molecule has 0 unspecified atom stereocenters. The van der Waals surface area contributed by atoms with Crippen molar-refractivity contribution >= 4 is 12.2 Å². The van der Waals surface area contributed by atoms with Gasteiger partial charge in [-0.2, -0.15) is 0 Å². The van der Waals surface area contributed by atoms with Crippen LogP contribution in [0.2, 0.25) is 0 Å². The average Bonchev–Trinajstić information content (AvgIpc) is 2.69. The van der Waals surface area contributed by atoms with Crippen LogP contribution >= 0.6 is 0 Å². The van der Waals surface area contributed by atoms with Crippen LogP contribution in [0.5, 0.6) is 17.2 Å². The smallest absolute Gasteiger partial charge is 0.126 e. The molecule has 2 aromatic rings. The predicted octanol–water partition coefficient (Wildman–Crippen LogP) is 4.81. The van der Waals surface area contributed by atoms with Gasteiger partial charge in [0.1, 0.15) is 17.2 Å². The van der Waals surface area contributed by atoms with Crippen LogP contribution < -0.4 is 14.2 Å². The molecule has 0 aliphatic carbocycles. The molecule has 0 atom stereocenters. The Bertz CT molecular complexity index is 677. The van der Waals surface area contributed by atoms with Crippen LogP contribution in [0.3, 0.4) is 0 Å². The van der Waals surface area contributed by atoms with Crippen LogP contribution in [0.1, 0.15) is 36.8 Å². The lowest BCUT2D eigenvalue weighted by atomic mass is 10.1. The monoisotopic (exact) mass is 356 g/mol. The first kappa shape index (κ1) is 19.9. The Balaban J connectivity index is 1.89. The summed E-state index contributed by atoms with van der Waals surface area (Å²) in [6.07, 6.45) is 8.08. The van der Waals surface area contributed by atoms with Crippen molar-refractivity contribution in [1.29, 1.82) is 0 Å². The average molecular weight is 356 g/mol. The van der Waals surface area contributed by atoms with Crippen molar-refractivity contribution in [3.63, 3.8) is 0 Å². The molecule has 4 nitrogen and oxygen atoms in total. The molecule has 0 spiro atoms. The van der Waals surface area contributed by atoms with Gasteiger partial charge in [-0.1, -0.05) is 30.7 Å². The molecule has 0 heterocycles. The summed E-state index contributed by atoms with van der Waals surface area (Å²) in [5, 5.41) is 8.75. The van der Waals surface area contributed by atoms with Gasteiger partial charge in [0, 0.05) is 12.2 Å². The fourth-order valence-electron chi connectivity index (χ4n) is 2.59. The molecule has 4 heteroatoms. The largest absolute Gasteiger partial charge is 0.497 e. The molecule has 0 aliphatic heterocycles. The van der Waals surface area contributed by atoms with Crippen LogP contribution in [-0.4, -0.2) is 32.5 Å². The van der Waals surface area contributed by atoms with Crippen molar-refractivity contribution < 1.29 is 19.3 Å². The van der Waals surface area contributed by atoms with E-state index in [0.717, 1.165) is 54.1 Å². The summed E-state index contributed by atoms with van der Waals surface area (Å²) >= 11 is 0. The summed E-state index contributed by atoms with van der Waals surface area (Å²) in [6, 6.07) is 13.8. The first-order valence-electron chi connectivity index (χ1n) is 9.00. The van der Waals surface area contributed by atoms with E-state index >= 15 is 0 Å². The normalized spacial score (nSPS) is 10.9. The number of ether oxygens (including phenoxy) is 3. The summed E-state index contributed by atoms with van der Waals surface area (Å²) in [5.74, 6) is 2.49. The maximum Gasteiger partial charge on any atom is 0.126 e. The highest BCUT2D eigenvalue weighted by molar-refractivity contribution is 5.73. The maximum absolute atomic E-state index is 8.75. The van der Waals surface area contributed by atoms with Gasteiger partial charge in [-0.25, -0.2) is 0 Å². The molecule has 0 radical (unpaired) electrons. The summed E-state index contributed by atoms with van der Waals surface area (Å²) in [7, 11) is 3.32. The van der Waals surface area contributed by atoms with E-state index < -0.39 is 0 Å². The summed E-state index contributed by atoms with van der Waals surface area (Å²) in [5.41, 5.74) is 2.06. The Labute approximate surface area is 156 Å². The van der Waals surface area contributed by atoms with E-state index in [1.165, 1.54) is 0 Å². The molecule has 0 aliphatic rings. The molecule has 0 amide bonds. The highest BCUT2D eigenvalue weighted by Crippen LogP contribution is 2.26. The lowest BCUT2D eigenvalue weighted by Crippen LogP contribution is -1.97. The minimum Gasteiger partial charge on any atom is -0.497 e. The molecule has 2 aromatic carbocycles. The van der Waals surface area contributed by atoms with Crippen molar-refractivity contribution in [2.45, 2.75) is 25.7 Å². The molecular formula is C22H28O4. The van der Waals surface area contributed by atoms with Gasteiger partial charge in [0.05, 0.1) is 20.8 Å². The molecule has 140 valence electrons. The first-order chi connectivity index (χ1) is 12.8.